The van der Waals surface area contributed by atoms with Crippen LogP contribution in [0.15, 0.2) is 24.3 Å². The molecule has 0 atom stereocenters. The molecule has 5 heteroatoms. The first kappa shape index (κ1) is 10.6. The number of hydrogen-bond acceptors (Lipinski definition) is 2. The minimum absolute atomic E-state index is 0.612. The first-order valence-corrected chi connectivity index (χ1v) is 6.04. The molecule has 0 radical (unpaired) electrons. The quantitative estimate of drug-likeness (QED) is 0.372. The van der Waals surface area contributed by atoms with Gasteiger partial charge in [0.15, 0.2) is 5.11 Å². The van der Waals surface area contributed by atoms with Gasteiger partial charge in [0.2, 0.25) is 0 Å². The Morgan fingerprint density at radius 2 is 2.24 bits per heavy atom. The molecule has 0 fully saturated rings. The molecule has 0 spiro atoms. The topological polar surface area (TPSA) is 57.1 Å². The molecule has 1 aromatic carbocycles. The summed E-state index contributed by atoms with van der Waals surface area (Å²) in [6, 6.07) is 8.37. The summed E-state index contributed by atoms with van der Waals surface area (Å²) in [5.74, 6) is 5.37. The van der Waals surface area contributed by atoms with E-state index in [1.807, 2.05) is 6.07 Å². The van der Waals surface area contributed by atoms with Gasteiger partial charge in [0.05, 0.1) is 0 Å². The van der Waals surface area contributed by atoms with Gasteiger partial charge in [0.25, 0.3) is 0 Å². The Morgan fingerprint density at radius 3 is 3.06 bits per heavy atom. The molecule has 0 saturated heterocycles. The molecule has 0 unspecified atom stereocenters. The Labute approximate surface area is 105 Å². The van der Waals surface area contributed by atoms with E-state index in [1.165, 1.54) is 22.2 Å². The van der Waals surface area contributed by atoms with Crippen molar-refractivity contribution < 1.29 is 0 Å². The maximum absolute atomic E-state index is 5.37. The van der Waals surface area contributed by atoms with E-state index in [0.717, 1.165) is 19.5 Å². The molecule has 1 aliphatic heterocycles. The van der Waals surface area contributed by atoms with E-state index in [-0.39, 0.29) is 0 Å². The fraction of sp³-hybridized carbons (Fsp3) is 0.250. The van der Waals surface area contributed by atoms with Gasteiger partial charge in [-0.05, 0) is 18.3 Å². The number of aromatic amines is 1. The smallest absolute Gasteiger partial charge is 0.183 e. The monoisotopic (exact) mass is 246 g/mol. The largest absolute Gasteiger partial charge is 0.358 e. The summed E-state index contributed by atoms with van der Waals surface area (Å²) < 4.78 is 0. The summed E-state index contributed by atoms with van der Waals surface area (Å²) in [6.45, 7) is 1.73. The lowest BCUT2D eigenvalue weighted by atomic mass is 10.1. The van der Waals surface area contributed by atoms with E-state index >= 15 is 0 Å². The first-order chi connectivity index (χ1) is 8.29. The van der Waals surface area contributed by atoms with Crippen molar-refractivity contribution in [2.45, 2.75) is 13.0 Å². The first-order valence-electron chi connectivity index (χ1n) is 5.63. The van der Waals surface area contributed by atoms with Crippen LogP contribution < -0.4 is 11.3 Å². The number of nitrogens with two attached hydrogens (primary N) is 1. The van der Waals surface area contributed by atoms with Crippen LogP contribution in [0.1, 0.15) is 11.3 Å². The molecule has 0 bridgehead atoms. The molecule has 3 rings (SSSR count). The van der Waals surface area contributed by atoms with Crippen molar-refractivity contribution in [3.63, 3.8) is 0 Å². The summed E-state index contributed by atoms with van der Waals surface area (Å²) in [7, 11) is 0. The van der Waals surface area contributed by atoms with Crippen molar-refractivity contribution >= 4 is 28.2 Å². The number of nitrogens with one attached hydrogen (secondary N) is 2. The van der Waals surface area contributed by atoms with Crippen molar-refractivity contribution in [1.29, 1.82) is 0 Å². The molecule has 1 aliphatic rings. The lowest BCUT2D eigenvalue weighted by molar-refractivity contribution is 0.388. The highest BCUT2D eigenvalue weighted by Crippen LogP contribution is 2.27. The predicted molar refractivity (Wildman–Crippen MR) is 72.3 cm³/mol. The fourth-order valence-corrected chi connectivity index (χ4v) is 2.59. The summed E-state index contributed by atoms with van der Waals surface area (Å²) in [5.41, 5.74) is 6.41. The molecular formula is C12H14N4S. The Kier molecular flexibility index (Phi) is 2.49. The highest BCUT2D eigenvalue weighted by Gasteiger charge is 2.21. The average molecular weight is 246 g/mol. The van der Waals surface area contributed by atoms with Gasteiger partial charge in [0.1, 0.15) is 0 Å². The summed E-state index contributed by atoms with van der Waals surface area (Å²) >= 11 is 5.18. The second-order valence-corrected chi connectivity index (χ2v) is 4.64. The standard InChI is InChI=1S/C12H14N4S/c13-15-12(17)16-6-5-11-9(7-16)8-3-1-2-4-10(8)14-11/h1-4,14H,5-7,13H2,(H,15,17). The van der Waals surface area contributed by atoms with Crippen LogP contribution in [0.3, 0.4) is 0 Å². The van der Waals surface area contributed by atoms with Gasteiger partial charge in [-0.1, -0.05) is 18.2 Å². The Bertz CT molecular complexity index is 575. The third kappa shape index (κ3) is 1.67. The van der Waals surface area contributed by atoms with E-state index in [2.05, 4.69) is 33.5 Å². The number of benzene rings is 1. The second kappa shape index (κ2) is 4.01. The van der Waals surface area contributed by atoms with E-state index in [9.17, 15) is 0 Å². The van der Waals surface area contributed by atoms with Crippen LogP contribution in [0.5, 0.6) is 0 Å². The van der Waals surface area contributed by atoms with Gasteiger partial charge in [-0.2, -0.15) is 0 Å². The van der Waals surface area contributed by atoms with E-state index in [1.54, 1.807) is 0 Å². The molecule has 17 heavy (non-hydrogen) atoms. The van der Waals surface area contributed by atoms with Crippen LogP contribution in [-0.2, 0) is 13.0 Å². The fourth-order valence-electron chi connectivity index (χ4n) is 2.43. The third-order valence-corrected chi connectivity index (χ3v) is 3.67. The van der Waals surface area contributed by atoms with E-state index in [0.29, 0.717) is 5.11 Å². The van der Waals surface area contributed by atoms with E-state index < -0.39 is 0 Å². The SMILES string of the molecule is NNC(=S)N1CCc2[nH]c3ccccc3c2C1. The maximum atomic E-state index is 5.37. The van der Waals surface area contributed by atoms with Gasteiger partial charge in [-0.25, -0.2) is 5.84 Å². The van der Waals surface area contributed by atoms with Gasteiger partial charge in [-0.3, -0.25) is 0 Å². The minimum atomic E-state index is 0.612. The molecular weight excluding hydrogens is 232 g/mol. The van der Waals surface area contributed by atoms with Gasteiger partial charge in [-0.15, -0.1) is 0 Å². The van der Waals surface area contributed by atoms with Gasteiger partial charge in [0, 0.05) is 41.7 Å². The zero-order valence-corrected chi connectivity index (χ0v) is 10.2. The van der Waals surface area contributed by atoms with Crippen LogP contribution in [0, 0.1) is 0 Å². The highest BCUT2D eigenvalue weighted by atomic mass is 32.1. The lowest BCUT2D eigenvalue weighted by Gasteiger charge is -2.28. The van der Waals surface area contributed by atoms with Crippen LogP contribution >= 0.6 is 12.2 Å². The van der Waals surface area contributed by atoms with Crippen molar-refractivity contribution in [1.82, 2.24) is 15.3 Å². The average Bonchev–Trinajstić information content (AvgIpc) is 2.75. The number of H-pyrrole nitrogens is 1. The van der Waals surface area contributed by atoms with Crippen LogP contribution in [0.4, 0.5) is 0 Å². The number of hydrogen-bond donors (Lipinski definition) is 3. The summed E-state index contributed by atoms with van der Waals surface area (Å²) in [5, 5.41) is 1.90. The molecule has 0 amide bonds. The molecule has 2 aromatic rings. The number of thiocarbonyl (C=S) groups is 1. The molecule has 0 aliphatic carbocycles. The van der Waals surface area contributed by atoms with Crippen molar-refractivity contribution in [3.8, 4) is 0 Å². The van der Waals surface area contributed by atoms with Crippen molar-refractivity contribution in [2.75, 3.05) is 6.54 Å². The minimum Gasteiger partial charge on any atom is -0.358 e. The number of hydrazine groups is 1. The zero-order valence-electron chi connectivity index (χ0n) is 9.36. The third-order valence-electron chi connectivity index (χ3n) is 3.29. The van der Waals surface area contributed by atoms with Crippen molar-refractivity contribution in [2.24, 2.45) is 5.84 Å². The summed E-state index contributed by atoms with van der Waals surface area (Å²) in [4.78, 5) is 5.57. The number of nitrogens with zero attached hydrogens (tertiary/aromatic N) is 1. The molecule has 0 saturated carbocycles. The van der Waals surface area contributed by atoms with Crippen LogP contribution in [0.2, 0.25) is 0 Å². The maximum Gasteiger partial charge on any atom is 0.183 e. The molecule has 4 nitrogen and oxygen atoms in total. The second-order valence-electron chi connectivity index (χ2n) is 4.25. The number of fused-ring (bicyclic) bond motifs is 3. The van der Waals surface area contributed by atoms with Crippen molar-refractivity contribution in [3.05, 3.63) is 35.5 Å². The van der Waals surface area contributed by atoms with E-state index in [4.69, 9.17) is 18.1 Å². The van der Waals surface area contributed by atoms with Crippen LogP contribution in [-0.4, -0.2) is 21.5 Å². The Morgan fingerprint density at radius 1 is 1.41 bits per heavy atom. The summed E-state index contributed by atoms with van der Waals surface area (Å²) in [6.07, 6.45) is 0.978. The predicted octanol–water partition coefficient (Wildman–Crippen LogP) is 1.27. The molecule has 4 N–H and O–H groups in total. The van der Waals surface area contributed by atoms with Gasteiger partial charge < -0.3 is 15.3 Å². The number of aromatic nitrogens is 1. The van der Waals surface area contributed by atoms with Crippen LogP contribution in [0.25, 0.3) is 10.9 Å². The molecule has 88 valence electrons. The number of para-hydroxylation sites is 1. The lowest BCUT2D eigenvalue weighted by Crippen LogP contribution is -2.45. The highest BCUT2D eigenvalue weighted by molar-refractivity contribution is 7.80. The normalized spacial score (nSPS) is 14.8. The Hall–Kier alpha value is -1.59. The molecule has 1 aromatic heterocycles. The zero-order chi connectivity index (χ0) is 11.8. The Balaban J connectivity index is 2.03. The molecule has 2 heterocycles. The van der Waals surface area contributed by atoms with Gasteiger partial charge >= 0.3 is 0 Å². The number of rotatable bonds is 0.